The first-order valence-electron chi connectivity index (χ1n) is 9.76. The van der Waals surface area contributed by atoms with Crippen LogP contribution < -0.4 is 10.1 Å². The van der Waals surface area contributed by atoms with Crippen molar-refractivity contribution in [3.05, 3.63) is 60.0 Å². The van der Waals surface area contributed by atoms with Gasteiger partial charge < -0.3 is 19.5 Å². The lowest BCUT2D eigenvalue weighted by molar-refractivity contribution is 0.142. The monoisotopic (exact) mass is 392 g/mol. The quantitative estimate of drug-likeness (QED) is 0.689. The topological polar surface area (TPSA) is 80.5 Å². The van der Waals surface area contributed by atoms with E-state index in [1.165, 1.54) is 0 Å². The molecule has 1 saturated heterocycles. The molecule has 7 nitrogen and oxygen atoms in total. The van der Waals surface area contributed by atoms with Crippen LogP contribution >= 0.6 is 0 Å². The molecule has 4 rings (SSSR count). The van der Waals surface area contributed by atoms with Gasteiger partial charge in [0.1, 0.15) is 11.8 Å². The van der Waals surface area contributed by atoms with Crippen LogP contribution in [0.1, 0.15) is 36.8 Å². The maximum Gasteiger partial charge on any atom is 0.322 e. The number of nitrogens with zero attached hydrogens (tertiary/aromatic N) is 3. The minimum absolute atomic E-state index is 0.151. The van der Waals surface area contributed by atoms with Crippen LogP contribution in [-0.2, 0) is 0 Å². The third-order valence-electron chi connectivity index (χ3n) is 5.09. The zero-order valence-corrected chi connectivity index (χ0v) is 16.6. The molecule has 1 fully saturated rings. The largest absolute Gasteiger partial charge is 0.497 e. The van der Waals surface area contributed by atoms with E-state index in [1.54, 1.807) is 12.0 Å². The molecule has 2 amide bonds. The summed E-state index contributed by atoms with van der Waals surface area (Å²) in [5.74, 6) is 1.68. The normalized spacial score (nSPS) is 16.5. The number of aromatic nitrogens is 2. The lowest BCUT2D eigenvalue weighted by atomic mass is 10.0. The number of anilines is 1. The van der Waals surface area contributed by atoms with E-state index in [9.17, 15) is 4.79 Å². The highest BCUT2D eigenvalue weighted by atomic mass is 16.5. The van der Waals surface area contributed by atoms with Crippen LogP contribution in [0, 0.1) is 6.92 Å². The number of carbonyl (C=O) groups excluding carboxylic acids is 1. The van der Waals surface area contributed by atoms with Gasteiger partial charge in [-0.25, -0.2) is 4.79 Å². The van der Waals surface area contributed by atoms with Gasteiger partial charge in [0.05, 0.1) is 7.11 Å². The maximum atomic E-state index is 12.9. The van der Waals surface area contributed by atoms with Gasteiger partial charge in [0.2, 0.25) is 11.7 Å². The van der Waals surface area contributed by atoms with Crippen LogP contribution in [0.5, 0.6) is 5.75 Å². The Labute approximate surface area is 169 Å². The molecular formula is C22H24N4O3. The van der Waals surface area contributed by atoms with E-state index < -0.39 is 0 Å². The average molecular weight is 392 g/mol. The standard InChI is InChI=1S/C22H24N4O3/c1-15-7-5-9-17(13-15)23-22(27)26-12-4-3-11-19(26)21-24-20(25-29-21)16-8-6-10-18(14-16)28-2/h5-10,13-14,19H,3-4,11-12H2,1-2H3,(H,23,27)/t19-/m1/s1. The van der Waals surface area contributed by atoms with Gasteiger partial charge in [-0.2, -0.15) is 4.98 Å². The fourth-order valence-electron chi connectivity index (χ4n) is 3.60. The number of likely N-dealkylation sites (tertiary alicyclic amines) is 1. The molecule has 2 aromatic carbocycles. The van der Waals surface area contributed by atoms with Crippen molar-refractivity contribution in [2.75, 3.05) is 19.0 Å². The molecule has 1 aromatic heterocycles. The van der Waals surface area contributed by atoms with E-state index in [0.717, 1.165) is 41.8 Å². The number of rotatable bonds is 4. The molecule has 2 heterocycles. The number of benzene rings is 2. The molecular weight excluding hydrogens is 368 g/mol. The molecule has 3 aromatic rings. The van der Waals surface area contributed by atoms with Crippen molar-refractivity contribution in [3.63, 3.8) is 0 Å². The van der Waals surface area contributed by atoms with E-state index in [2.05, 4.69) is 15.5 Å². The molecule has 0 radical (unpaired) electrons. The molecule has 7 heteroatoms. The first-order chi connectivity index (χ1) is 14.1. The number of urea groups is 1. The number of aryl methyl sites for hydroxylation is 1. The number of ether oxygens (including phenoxy) is 1. The summed E-state index contributed by atoms with van der Waals surface area (Å²) in [5.41, 5.74) is 2.69. The van der Waals surface area contributed by atoms with Crippen molar-refractivity contribution < 1.29 is 14.1 Å². The fourth-order valence-corrected chi connectivity index (χ4v) is 3.60. The molecule has 1 aliphatic heterocycles. The van der Waals surface area contributed by atoms with Crippen LogP contribution in [0.4, 0.5) is 10.5 Å². The smallest absolute Gasteiger partial charge is 0.322 e. The molecule has 29 heavy (non-hydrogen) atoms. The Morgan fingerprint density at radius 1 is 1.21 bits per heavy atom. The maximum absolute atomic E-state index is 12.9. The van der Waals surface area contributed by atoms with Crippen LogP contribution in [-0.4, -0.2) is 34.7 Å². The first-order valence-corrected chi connectivity index (χ1v) is 9.76. The van der Waals surface area contributed by atoms with Crippen molar-refractivity contribution in [2.45, 2.75) is 32.2 Å². The van der Waals surface area contributed by atoms with Crippen LogP contribution in [0.25, 0.3) is 11.4 Å². The molecule has 1 atom stereocenters. The van der Waals surface area contributed by atoms with Gasteiger partial charge in [-0.3, -0.25) is 0 Å². The predicted molar refractivity (Wildman–Crippen MR) is 110 cm³/mol. The second-order valence-corrected chi connectivity index (χ2v) is 7.19. The summed E-state index contributed by atoms with van der Waals surface area (Å²) in [7, 11) is 1.62. The zero-order chi connectivity index (χ0) is 20.2. The molecule has 0 spiro atoms. The number of hydrogen-bond donors (Lipinski definition) is 1. The second-order valence-electron chi connectivity index (χ2n) is 7.19. The first kappa shape index (κ1) is 19.0. The lowest BCUT2D eigenvalue weighted by Crippen LogP contribution is -2.41. The molecule has 0 unspecified atom stereocenters. The number of nitrogens with one attached hydrogen (secondary N) is 1. The van der Waals surface area contributed by atoms with Crippen molar-refractivity contribution >= 4 is 11.7 Å². The lowest BCUT2D eigenvalue weighted by Gasteiger charge is -2.33. The molecule has 150 valence electrons. The Balaban J connectivity index is 1.54. The summed E-state index contributed by atoms with van der Waals surface area (Å²) in [4.78, 5) is 19.3. The van der Waals surface area contributed by atoms with E-state index in [0.29, 0.717) is 18.3 Å². The minimum Gasteiger partial charge on any atom is -0.497 e. The molecule has 0 bridgehead atoms. The van der Waals surface area contributed by atoms with Crippen molar-refractivity contribution in [1.29, 1.82) is 0 Å². The van der Waals surface area contributed by atoms with Gasteiger partial charge in [-0.1, -0.05) is 29.4 Å². The number of hydrogen-bond acceptors (Lipinski definition) is 5. The highest BCUT2D eigenvalue weighted by Crippen LogP contribution is 2.32. The molecule has 0 aliphatic carbocycles. The van der Waals surface area contributed by atoms with Crippen molar-refractivity contribution in [3.8, 4) is 17.1 Å². The number of methoxy groups -OCH3 is 1. The van der Waals surface area contributed by atoms with Gasteiger partial charge in [-0.15, -0.1) is 0 Å². The van der Waals surface area contributed by atoms with Crippen LogP contribution in [0.15, 0.2) is 53.1 Å². The summed E-state index contributed by atoms with van der Waals surface area (Å²) >= 11 is 0. The Hall–Kier alpha value is -3.35. The van der Waals surface area contributed by atoms with E-state index in [1.807, 2.05) is 55.5 Å². The van der Waals surface area contributed by atoms with E-state index in [4.69, 9.17) is 9.26 Å². The molecule has 1 N–H and O–H groups in total. The predicted octanol–water partition coefficient (Wildman–Crippen LogP) is 4.81. The highest BCUT2D eigenvalue weighted by Gasteiger charge is 2.32. The summed E-state index contributed by atoms with van der Waals surface area (Å²) < 4.78 is 10.8. The van der Waals surface area contributed by atoms with Crippen molar-refractivity contribution in [2.24, 2.45) is 0 Å². The Kier molecular flexibility index (Phi) is 5.46. The van der Waals surface area contributed by atoms with Crippen LogP contribution in [0.3, 0.4) is 0 Å². The van der Waals surface area contributed by atoms with E-state index in [-0.39, 0.29) is 12.1 Å². The minimum atomic E-state index is -0.236. The fraction of sp³-hybridized carbons (Fsp3) is 0.318. The third kappa shape index (κ3) is 4.23. The Morgan fingerprint density at radius 3 is 2.90 bits per heavy atom. The summed E-state index contributed by atoms with van der Waals surface area (Å²) in [6.07, 6.45) is 2.76. The van der Waals surface area contributed by atoms with Crippen molar-refractivity contribution in [1.82, 2.24) is 15.0 Å². The second kappa shape index (κ2) is 8.34. The molecule has 1 aliphatic rings. The Bertz CT molecular complexity index is 1000. The van der Waals surface area contributed by atoms with Gasteiger partial charge in [0, 0.05) is 17.8 Å². The van der Waals surface area contributed by atoms with Gasteiger partial charge >= 0.3 is 6.03 Å². The SMILES string of the molecule is COc1cccc(-c2noc([C@H]3CCCCN3C(=O)Nc3cccc(C)c3)n2)c1. The third-order valence-corrected chi connectivity index (χ3v) is 5.09. The highest BCUT2D eigenvalue weighted by molar-refractivity contribution is 5.89. The van der Waals surface area contributed by atoms with E-state index >= 15 is 0 Å². The number of amides is 2. The van der Waals surface area contributed by atoms with Crippen LogP contribution in [0.2, 0.25) is 0 Å². The Morgan fingerprint density at radius 2 is 2.07 bits per heavy atom. The average Bonchev–Trinajstić information content (AvgIpc) is 3.24. The number of piperidine rings is 1. The molecule has 0 saturated carbocycles. The van der Waals surface area contributed by atoms with Gasteiger partial charge in [0.15, 0.2) is 0 Å². The van der Waals surface area contributed by atoms with Gasteiger partial charge in [-0.05, 0) is 56.0 Å². The summed E-state index contributed by atoms with van der Waals surface area (Å²) in [6.45, 7) is 2.65. The van der Waals surface area contributed by atoms with Gasteiger partial charge in [0.25, 0.3) is 0 Å². The summed E-state index contributed by atoms with van der Waals surface area (Å²) in [6, 6.07) is 14.9. The zero-order valence-electron chi connectivity index (χ0n) is 16.6. The number of carbonyl (C=O) groups is 1. The summed E-state index contributed by atoms with van der Waals surface area (Å²) in [5, 5.41) is 7.11.